The SMILES string of the molecule is CC(N(C)c1cccnc1CN)C(C)(C)C. The van der Waals surface area contributed by atoms with Crippen LogP contribution in [0.4, 0.5) is 5.69 Å². The van der Waals surface area contributed by atoms with Gasteiger partial charge in [0.25, 0.3) is 0 Å². The summed E-state index contributed by atoms with van der Waals surface area (Å²) in [7, 11) is 2.10. The molecule has 0 aliphatic rings. The molecule has 1 atom stereocenters. The minimum absolute atomic E-state index is 0.233. The lowest BCUT2D eigenvalue weighted by Crippen LogP contribution is -2.40. The molecular weight excluding hydrogens is 198 g/mol. The molecule has 2 N–H and O–H groups in total. The third-order valence-corrected chi connectivity index (χ3v) is 3.27. The van der Waals surface area contributed by atoms with Gasteiger partial charge in [-0.05, 0) is 24.5 Å². The Morgan fingerprint density at radius 1 is 1.44 bits per heavy atom. The predicted octanol–water partition coefficient (Wildman–Crippen LogP) is 2.41. The number of rotatable bonds is 3. The minimum Gasteiger partial charge on any atom is -0.370 e. The van der Waals surface area contributed by atoms with Crippen molar-refractivity contribution in [2.24, 2.45) is 11.1 Å². The van der Waals surface area contributed by atoms with Crippen LogP contribution < -0.4 is 10.6 Å². The molecular formula is C13H23N3. The van der Waals surface area contributed by atoms with Crippen molar-refractivity contribution in [3.8, 4) is 0 Å². The van der Waals surface area contributed by atoms with Gasteiger partial charge in [0.15, 0.2) is 0 Å². The summed E-state index contributed by atoms with van der Waals surface area (Å²) in [6.07, 6.45) is 1.79. The van der Waals surface area contributed by atoms with Crippen molar-refractivity contribution in [3.63, 3.8) is 0 Å². The van der Waals surface area contributed by atoms with E-state index in [9.17, 15) is 0 Å². The minimum atomic E-state index is 0.233. The maximum absolute atomic E-state index is 5.71. The molecule has 0 aliphatic carbocycles. The maximum atomic E-state index is 5.71. The second-order valence-corrected chi connectivity index (χ2v) is 5.33. The lowest BCUT2D eigenvalue weighted by molar-refractivity contribution is 0.329. The molecule has 1 rings (SSSR count). The molecule has 0 bridgehead atoms. The normalized spacial score (nSPS) is 13.6. The average molecular weight is 221 g/mol. The Morgan fingerprint density at radius 3 is 2.56 bits per heavy atom. The maximum Gasteiger partial charge on any atom is 0.0772 e. The van der Waals surface area contributed by atoms with Gasteiger partial charge in [0.2, 0.25) is 0 Å². The van der Waals surface area contributed by atoms with Gasteiger partial charge in [-0.2, -0.15) is 0 Å². The van der Waals surface area contributed by atoms with Crippen LogP contribution in [0, 0.1) is 5.41 Å². The molecule has 90 valence electrons. The first kappa shape index (κ1) is 13.0. The van der Waals surface area contributed by atoms with Gasteiger partial charge in [0.05, 0.1) is 11.4 Å². The van der Waals surface area contributed by atoms with Crippen molar-refractivity contribution in [2.45, 2.75) is 40.3 Å². The van der Waals surface area contributed by atoms with E-state index < -0.39 is 0 Å². The Labute approximate surface area is 98.7 Å². The first-order chi connectivity index (χ1) is 7.38. The Kier molecular flexibility index (Phi) is 3.92. The Hall–Kier alpha value is -1.09. The monoisotopic (exact) mass is 221 g/mol. The van der Waals surface area contributed by atoms with Gasteiger partial charge in [-0.3, -0.25) is 4.98 Å². The van der Waals surface area contributed by atoms with Crippen molar-refractivity contribution in [2.75, 3.05) is 11.9 Å². The van der Waals surface area contributed by atoms with Crippen LogP contribution in [-0.2, 0) is 6.54 Å². The number of pyridine rings is 1. The summed E-state index contributed by atoms with van der Waals surface area (Å²) in [6.45, 7) is 9.44. The van der Waals surface area contributed by atoms with E-state index in [1.807, 2.05) is 6.07 Å². The zero-order chi connectivity index (χ0) is 12.3. The van der Waals surface area contributed by atoms with E-state index in [1.165, 1.54) is 0 Å². The zero-order valence-electron chi connectivity index (χ0n) is 11.0. The van der Waals surface area contributed by atoms with Gasteiger partial charge in [0, 0.05) is 25.8 Å². The molecule has 0 aromatic carbocycles. The van der Waals surface area contributed by atoms with E-state index in [4.69, 9.17) is 5.73 Å². The lowest BCUT2D eigenvalue weighted by Gasteiger charge is -2.37. The predicted molar refractivity (Wildman–Crippen MR) is 69.4 cm³/mol. The summed E-state index contributed by atoms with van der Waals surface area (Å²) < 4.78 is 0. The van der Waals surface area contributed by atoms with Gasteiger partial charge in [-0.25, -0.2) is 0 Å². The molecule has 0 fully saturated rings. The highest BCUT2D eigenvalue weighted by atomic mass is 15.1. The number of hydrogen-bond donors (Lipinski definition) is 1. The third kappa shape index (κ3) is 2.73. The van der Waals surface area contributed by atoms with Crippen LogP contribution in [0.5, 0.6) is 0 Å². The molecule has 1 unspecified atom stereocenters. The van der Waals surface area contributed by atoms with E-state index >= 15 is 0 Å². The fourth-order valence-electron chi connectivity index (χ4n) is 1.70. The van der Waals surface area contributed by atoms with Crippen LogP contribution in [0.25, 0.3) is 0 Å². The van der Waals surface area contributed by atoms with E-state index in [1.54, 1.807) is 6.20 Å². The van der Waals surface area contributed by atoms with Crippen molar-refractivity contribution in [1.29, 1.82) is 0 Å². The number of hydrogen-bond acceptors (Lipinski definition) is 3. The zero-order valence-corrected chi connectivity index (χ0v) is 11.0. The second kappa shape index (κ2) is 4.83. The fraction of sp³-hybridized carbons (Fsp3) is 0.615. The van der Waals surface area contributed by atoms with Crippen molar-refractivity contribution in [1.82, 2.24) is 4.98 Å². The second-order valence-electron chi connectivity index (χ2n) is 5.33. The quantitative estimate of drug-likeness (QED) is 0.852. The van der Waals surface area contributed by atoms with Crippen LogP contribution >= 0.6 is 0 Å². The van der Waals surface area contributed by atoms with Gasteiger partial charge < -0.3 is 10.6 Å². The van der Waals surface area contributed by atoms with Crippen molar-refractivity contribution < 1.29 is 0 Å². The molecule has 0 spiro atoms. The van der Waals surface area contributed by atoms with Crippen LogP contribution in [-0.4, -0.2) is 18.1 Å². The third-order valence-electron chi connectivity index (χ3n) is 3.27. The summed E-state index contributed by atoms with van der Waals surface area (Å²) in [5.74, 6) is 0. The summed E-state index contributed by atoms with van der Waals surface area (Å²) in [6, 6.07) is 4.47. The smallest absolute Gasteiger partial charge is 0.0772 e. The highest BCUT2D eigenvalue weighted by molar-refractivity contribution is 5.50. The molecule has 0 saturated heterocycles. The molecule has 3 nitrogen and oxygen atoms in total. The molecule has 1 aromatic rings. The molecule has 0 aliphatic heterocycles. The van der Waals surface area contributed by atoms with Crippen LogP contribution in [0.15, 0.2) is 18.3 Å². The average Bonchev–Trinajstić information content (AvgIpc) is 2.25. The topological polar surface area (TPSA) is 42.2 Å². The van der Waals surface area contributed by atoms with Crippen molar-refractivity contribution in [3.05, 3.63) is 24.0 Å². The summed E-state index contributed by atoms with van der Waals surface area (Å²) >= 11 is 0. The Morgan fingerprint density at radius 2 is 2.06 bits per heavy atom. The van der Waals surface area contributed by atoms with Crippen LogP contribution in [0.2, 0.25) is 0 Å². The Balaban J connectivity index is 3.00. The summed E-state index contributed by atoms with van der Waals surface area (Å²) in [5.41, 5.74) is 8.03. The molecule has 0 amide bonds. The summed E-state index contributed by atoms with van der Waals surface area (Å²) in [4.78, 5) is 6.58. The lowest BCUT2D eigenvalue weighted by atomic mass is 9.87. The van der Waals surface area contributed by atoms with Gasteiger partial charge in [-0.1, -0.05) is 20.8 Å². The highest BCUT2D eigenvalue weighted by Crippen LogP contribution is 2.28. The molecule has 0 saturated carbocycles. The first-order valence-corrected chi connectivity index (χ1v) is 5.74. The molecule has 0 radical (unpaired) electrons. The highest BCUT2D eigenvalue weighted by Gasteiger charge is 2.25. The largest absolute Gasteiger partial charge is 0.370 e. The van der Waals surface area contributed by atoms with E-state index in [0.29, 0.717) is 12.6 Å². The number of aromatic nitrogens is 1. The first-order valence-electron chi connectivity index (χ1n) is 5.74. The number of anilines is 1. The Bertz CT molecular complexity index is 341. The molecule has 1 aromatic heterocycles. The summed E-state index contributed by atoms with van der Waals surface area (Å²) in [5, 5.41) is 0. The van der Waals surface area contributed by atoms with Crippen molar-refractivity contribution >= 4 is 5.69 Å². The van der Waals surface area contributed by atoms with E-state index in [-0.39, 0.29) is 5.41 Å². The molecule has 3 heteroatoms. The van der Waals surface area contributed by atoms with Gasteiger partial charge in [0.1, 0.15) is 0 Å². The standard InChI is InChI=1S/C13H23N3/c1-10(13(2,3)4)16(5)12-7-6-8-15-11(12)9-14/h6-8,10H,9,14H2,1-5H3. The molecule has 16 heavy (non-hydrogen) atoms. The number of nitrogens with zero attached hydrogens (tertiary/aromatic N) is 2. The molecule has 1 heterocycles. The number of nitrogens with two attached hydrogens (primary N) is 1. The van der Waals surface area contributed by atoms with Crippen LogP contribution in [0.1, 0.15) is 33.4 Å². The van der Waals surface area contributed by atoms with E-state index in [2.05, 4.69) is 50.7 Å². The van der Waals surface area contributed by atoms with Gasteiger partial charge in [-0.15, -0.1) is 0 Å². The van der Waals surface area contributed by atoms with E-state index in [0.717, 1.165) is 11.4 Å². The van der Waals surface area contributed by atoms with Gasteiger partial charge >= 0.3 is 0 Å². The fourth-order valence-corrected chi connectivity index (χ4v) is 1.70. The van der Waals surface area contributed by atoms with Crippen LogP contribution in [0.3, 0.4) is 0 Å².